The maximum atomic E-state index is 11.9. The van der Waals surface area contributed by atoms with E-state index in [1.807, 2.05) is 17.4 Å². The number of hydrogen-bond acceptors (Lipinski definition) is 6. The smallest absolute Gasteiger partial charge is 0.338 e. The molecule has 8 nitrogen and oxygen atoms in total. The Hall–Kier alpha value is -2.45. The number of carbonyl (C=O) groups excluding carboxylic acids is 3. The second kappa shape index (κ2) is 8.99. The van der Waals surface area contributed by atoms with Gasteiger partial charge in [-0.1, -0.05) is 12.1 Å². The van der Waals surface area contributed by atoms with E-state index in [1.54, 1.807) is 12.1 Å². The molecule has 0 atom stereocenters. The molecule has 8 heteroatoms. The minimum atomic E-state index is -0.688. The predicted octanol–water partition coefficient (Wildman–Crippen LogP) is 0.131. The average Bonchev–Trinajstić information content (AvgIpc) is 2.61. The largest absolute Gasteiger partial charge is 0.452 e. The van der Waals surface area contributed by atoms with Crippen molar-refractivity contribution in [3.8, 4) is 0 Å². The van der Waals surface area contributed by atoms with Gasteiger partial charge in [-0.25, -0.2) is 9.59 Å². The first-order valence-corrected chi connectivity index (χ1v) is 7.66. The Morgan fingerprint density at radius 2 is 1.83 bits per heavy atom. The molecule has 0 unspecified atom stereocenters. The highest BCUT2D eigenvalue weighted by molar-refractivity contribution is 5.96. The van der Waals surface area contributed by atoms with Gasteiger partial charge in [0.05, 0.1) is 18.8 Å². The van der Waals surface area contributed by atoms with Gasteiger partial charge in [-0.05, 0) is 17.7 Å². The molecule has 0 radical (unpaired) electrons. The second-order valence-electron chi connectivity index (χ2n) is 5.29. The number of amides is 3. The number of carbonyl (C=O) groups is 3. The second-order valence-corrected chi connectivity index (χ2v) is 5.29. The van der Waals surface area contributed by atoms with Crippen LogP contribution in [0, 0.1) is 0 Å². The first-order chi connectivity index (χ1) is 11.6. The van der Waals surface area contributed by atoms with Gasteiger partial charge in [-0.2, -0.15) is 0 Å². The normalized spacial score (nSPS) is 14.7. The van der Waals surface area contributed by atoms with Crippen LogP contribution in [0.25, 0.3) is 0 Å². The van der Waals surface area contributed by atoms with Crippen molar-refractivity contribution >= 4 is 17.9 Å². The Balaban J connectivity index is 1.80. The lowest BCUT2D eigenvalue weighted by Crippen LogP contribution is -2.39. The van der Waals surface area contributed by atoms with Gasteiger partial charge in [0, 0.05) is 26.7 Å². The zero-order valence-corrected chi connectivity index (χ0v) is 13.5. The molecule has 0 spiro atoms. The topological polar surface area (TPSA) is 97.0 Å². The zero-order valence-electron chi connectivity index (χ0n) is 13.5. The van der Waals surface area contributed by atoms with Gasteiger partial charge >= 0.3 is 12.0 Å². The Morgan fingerprint density at radius 3 is 2.46 bits per heavy atom. The monoisotopic (exact) mass is 335 g/mol. The summed E-state index contributed by atoms with van der Waals surface area (Å²) in [4.78, 5) is 36.5. The first-order valence-electron chi connectivity index (χ1n) is 7.66. The van der Waals surface area contributed by atoms with Crippen LogP contribution in [0.15, 0.2) is 24.3 Å². The van der Waals surface area contributed by atoms with E-state index in [0.717, 1.165) is 38.4 Å². The number of esters is 1. The summed E-state index contributed by atoms with van der Waals surface area (Å²) in [7, 11) is 1.38. The molecule has 1 aliphatic rings. The molecule has 130 valence electrons. The van der Waals surface area contributed by atoms with Crippen molar-refractivity contribution in [1.82, 2.24) is 15.5 Å². The maximum absolute atomic E-state index is 11.9. The summed E-state index contributed by atoms with van der Waals surface area (Å²) in [6, 6.07) is 6.39. The molecule has 2 rings (SSSR count). The lowest BCUT2D eigenvalue weighted by Gasteiger charge is -2.26. The summed E-state index contributed by atoms with van der Waals surface area (Å²) in [6.45, 7) is 3.55. The van der Waals surface area contributed by atoms with E-state index in [-0.39, 0.29) is 0 Å². The fraction of sp³-hybridized carbons (Fsp3) is 0.438. The first kappa shape index (κ1) is 17.9. The van der Waals surface area contributed by atoms with Gasteiger partial charge in [0.15, 0.2) is 6.61 Å². The molecule has 0 aromatic heterocycles. The molecule has 0 bridgehead atoms. The maximum Gasteiger partial charge on any atom is 0.338 e. The number of nitrogens with one attached hydrogen (secondary N) is 2. The van der Waals surface area contributed by atoms with E-state index in [1.165, 1.54) is 7.05 Å². The molecule has 1 aromatic rings. The number of nitrogens with zero attached hydrogens (tertiary/aromatic N) is 1. The molecular formula is C16H21N3O5. The number of hydrogen-bond donors (Lipinski definition) is 2. The third-order valence-corrected chi connectivity index (χ3v) is 3.51. The van der Waals surface area contributed by atoms with Crippen LogP contribution in [0.2, 0.25) is 0 Å². The van der Waals surface area contributed by atoms with Gasteiger partial charge in [0.2, 0.25) is 0 Å². The van der Waals surface area contributed by atoms with E-state index in [2.05, 4.69) is 10.2 Å². The van der Waals surface area contributed by atoms with Crippen LogP contribution < -0.4 is 10.6 Å². The Labute approximate surface area is 140 Å². The van der Waals surface area contributed by atoms with Crippen LogP contribution in [0.5, 0.6) is 0 Å². The van der Waals surface area contributed by atoms with Crippen LogP contribution in [0.1, 0.15) is 15.9 Å². The molecular weight excluding hydrogens is 314 g/mol. The summed E-state index contributed by atoms with van der Waals surface area (Å²) >= 11 is 0. The Bertz CT molecular complexity index is 582. The summed E-state index contributed by atoms with van der Waals surface area (Å²) in [5.74, 6) is -1.30. The predicted molar refractivity (Wildman–Crippen MR) is 85.4 cm³/mol. The third-order valence-electron chi connectivity index (χ3n) is 3.51. The number of ether oxygens (including phenoxy) is 2. The van der Waals surface area contributed by atoms with Crippen LogP contribution in [-0.2, 0) is 20.8 Å². The van der Waals surface area contributed by atoms with Crippen molar-refractivity contribution in [1.29, 1.82) is 0 Å². The summed E-state index contributed by atoms with van der Waals surface area (Å²) in [6.07, 6.45) is 0. The Morgan fingerprint density at radius 1 is 1.17 bits per heavy atom. The van der Waals surface area contributed by atoms with E-state index in [4.69, 9.17) is 9.47 Å². The van der Waals surface area contributed by atoms with Crippen molar-refractivity contribution in [3.63, 3.8) is 0 Å². The van der Waals surface area contributed by atoms with Crippen LogP contribution in [-0.4, -0.2) is 62.8 Å². The van der Waals surface area contributed by atoms with E-state index in [0.29, 0.717) is 5.56 Å². The molecule has 3 amide bonds. The summed E-state index contributed by atoms with van der Waals surface area (Å²) in [5, 5.41) is 4.24. The SMILES string of the molecule is CNC(=O)NC(=O)COC(=O)c1ccc(CN2CCOCC2)cc1. The molecule has 2 N–H and O–H groups in total. The van der Waals surface area contributed by atoms with E-state index >= 15 is 0 Å². The van der Waals surface area contributed by atoms with Gasteiger partial charge < -0.3 is 14.8 Å². The molecule has 0 aliphatic carbocycles. The molecule has 1 aliphatic heterocycles. The van der Waals surface area contributed by atoms with Gasteiger partial charge in [-0.3, -0.25) is 15.0 Å². The molecule has 1 heterocycles. The van der Waals surface area contributed by atoms with Crippen molar-refractivity contribution in [3.05, 3.63) is 35.4 Å². The third kappa shape index (κ3) is 5.64. The lowest BCUT2D eigenvalue weighted by molar-refractivity contribution is -0.123. The number of morpholine rings is 1. The molecule has 24 heavy (non-hydrogen) atoms. The molecule has 0 saturated carbocycles. The fourth-order valence-corrected chi connectivity index (χ4v) is 2.20. The number of benzene rings is 1. The minimum absolute atomic E-state index is 0.355. The summed E-state index contributed by atoms with van der Waals surface area (Å²) < 4.78 is 10.2. The van der Waals surface area contributed by atoms with Gasteiger partial charge in [-0.15, -0.1) is 0 Å². The fourth-order valence-electron chi connectivity index (χ4n) is 2.20. The van der Waals surface area contributed by atoms with Crippen molar-refractivity contribution in [2.24, 2.45) is 0 Å². The summed E-state index contributed by atoms with van der Waals surface area (Å²) in [5.41, 5.74) is 1.44. The molecule has 1 fully saturated rings. The van der Waals surface area contributed by atoms with Crippen molar-refractivity contribution < 1.29 is 23.9 Å². The number of rotatable bonds is 5. The quantitative estimate of drug-likeness (QED) is 0.743. The highest BCUT2D eigenvalue weighted by Crippen LogP contribution is 2.10. The van der Waals surface area contributed by atoms with E-state index in [9.17, 15) is 14.4 Å². The average molecular weight is 335 g/mol. The number of urea groups is 1. The van der Waals surface area contributed by atoms with Crippen LogP contribution in [0.3, 0.4) is 0 Å². The van der Waals surface area contributed by atoms with Gasteiger partial charge in [0.1, 0.15) is 0 Å². The minimum Gasteiger partial charge on any atom is -0.452 e. The van der Waals surface area contributed by atoms with Gasteiger partial charge in [0.25, 0.3) is 5.91 Å². The Kier molecular flexibility index (Phi) is 6.71. The zero-order chi connectivity index (χ0) is 17.4. The molecule has 1 aromatic carbocycles. The highest BCUT2D eigenvalue weighted by atomic mass is 16.5. The lowest BCUT2D eigenvalue weighted by atomic mass is 10.1. The number of imide groups is 1. The standard InChI is InChI=1S/C16H21N3O5/c1-17-16(22)18-14(20)11-24-15(21)13-4-2-12(3-5-13)10-19-6-8-23-9-7-19/h2-5H,6-11H2,1H3,(H2,17,18,20,22). The van der Waals surface area contributed by atoms with Crippen molar-refractivity contribution in [2.75, 3.05) is 40.0 Å². The highest BCUT2D eigenvalue weighted by Gasteiger charge is 2.13. The van der Waals surface area contributed by atoms with Crippen LogP contribution >= 0.6 is 0 Å². The van der Waals surface area contributed by atoms with Crippen molar-refractivity contribution in [2.45, 2.75) is 6.54 Å². The van der Waals surface area contributed by atoms with Crippen LogP contribution in [0.4, 0.5) is 4.79 Å². The van der Waals surface area contributed by atoms with E-state index < -0.39 is 24.5 Å². The molecule has 1 saturated heterocycles.